The maximum Gasteiger partial charge on any atom is 0.254 e. The van der Waals surface area contributed by atoms with Crippen molar-refractivity contribution in [1.29, 1.82) is 0 Å². The van der Waals surface area contributed by atoms with E-state index >= 15 is 0 Å². The number of benzene rings is 1. The lowest BCUT2D eigenvalue weighted by Gasteiger charge is -2.41. The Morgan fingerprint density at radius 3 is 2.65 bits per heavy atom. The number of anilines is 1. The van der Waals surface area contributed by atoms with E-state index in [1.165, 1.54) is 17.0 Å². The lowest BCUT2D eigenvalue weighted by atomic mass is 9.97. The number of nitrogens with one attached hydrogen (secondary N) is 1. The molecule has 5 nitrogen and oxygen atoms in total. The van der Waals surface area contributed by atoms with Gasteiger partial charge in [-0.25, -0.2) is 0 Å². The standard InChI is InChI=1S/C13H15Cl2N3O2/c1-13(2)12(20)17-3-4-18(13)11(19)7-5-8(14)10(15)9(16)6-7/h5-6H,3-4,16H2,1-2H3,(H,17,20). The zero-order valence-electron chi connectivity index (χ0n) is 11.2. The van der Waals surface area contributed by atoms with Gasteiger partial charge in [0, 0.05) is 18.7 Å². The second-order valence-electron chi connectivity index (χ2n) is 5.13. The van der Waals surface area contributed by atoms with Crippen molar-refractivity contribution in [3.63, 3.8) is 0 Å². The van der Waals surface area contributed by atoms with Crippen molar-refractivity contribution in [2.45, 2.75) is 19.4 Å². The summed E-state index contributed by atoms with van der Waals surface area (Å²) in [6.07, 6.45) is 0. The molecule has 0 aliphatic carbocycles. The SMILES string of the molecule is CC1(C)C(=O)NCCN1C(=O)c1cc(N)c(Cl)c(Cl)c1. The number of hydrogen-bond donors (Lipinski definition) is 2. The number of nitrogen functional groups attached to an aromatic ring is 1. The van der Waals surface area contributed by atoms with E-state index in [0.717, 1.165) is 0 Å². The van der Waals surface area contributed by atoms with Gasteiger partial charge in [-0.05, 0) is 26.0 Å². The third-order valence-corrected chi connectivity index (χ3v) is 4.22. The van der Waals surface area contributed by atoms with Crippen LogP contribution < -0.4 is 11.1 Å². The van der Waals surface area contributed by atoms with E-state index in [-0.39, 0.29) is 27.5 Å². The summed E-state index contributed by atoms with van der Waals surface area (Å²) in [6.45, 7) is 4.24. The summed E-state index contributed by atoms with van der Waals surface area (Å²) in [5.74, 6) is -0.486. The first-order chi connectivity index (χ1) is 9.25. The first kappa shape index (κ1) is 14.9. The third kappa shape index (κ3) is 2.43. The molecule has 1 aromatic carbocycles. The van der Waals surface area contributed by atoms with E-state index in [1.807, 2.05) is 0 Å². The Kier molecular flexibility index (Phi) is 3.84. The van der Waals surface area contributed by atoms with Gasteiger partial charge in [0.05, 0.1) is 15.7 Å². The van der Waals surface area contributed by atoms with Gasteiger partial charge in [-0.1, -0.05) is 23.2 Å². The molecule has 108 valence electrons. The van der Waals surface area contributed by atoms with Gasteiger partial charge in [0.25, 0.3) is 5.91 Å². The van der Waals surface area contributed by atoms with E-state index in [2.05, 4.69) is 5.32 Å². The Labute approximate surface area is 127 Å². The van der Waals surface area contributed by atoms with E-state index in [9.17, 15) is 9.59 Å². The third-order valence-electron chi connectivity index (χ3n) is 3.40. The lowest BCUT2D eigenvalue weighted by Crippen LogP contribution is -2.63. The smallest absolute Gasteiger partial charge is 0.254 e. The highest BCUT2D eigenvalue weighted by atomic mass is 35.5. The minimum Gasteiger partial charge on any atom is -0.397 e. The van der Waals surface area contributed by atoms with Gasteiger partial charge in [-0.2, -0.15) is 0 Å². The normalized spacial score (nSPS) is 17.8. The van der Waals surface area contributed by atoms with Gasteiger partial charge < -0.3 is 16.0 Å². The molecule has 0 saturated carbocycles. The van der Waals surface area contributed by atoms with Crippen molar-refractivity contribution in [1.82, 2.24) is 10.2 Å². The average molecular weight is 316 g/mol. The Morgan fingerprint density at radius 2 is 2.05 bits per heavy atom. The Hall–Kier alpha value is -1.46. The fourth-order valence-corrected chi connectivity index (χ4v) is 2.48. The first-order valence-corrected chi connectivity index (χ1v) is 6.85. The molecule has 20 heavy (non-hydrogen) atoms. The van der Waals surface area contributed by atoms with Crippen LogP contribution in [0.2, 0.25) is 10.0 Å². The highest BCUT2D eigenvalue weighted by Gasteiger charge is 2.40. The topological polar surface area (TPSA) is 75.4 Å². The van der Waals surface area contributed by atoms with Crippen molar-refractivity contribution in [3.05, 3.63) is 27.7 Å². The predicted molar refractivity (Wildman–Crippen MR) is 79.0 cm³/mol. The van der Waals surface area contributed by atoms with Crippen LogP contribution >= 0.6 is 23.2 Å². The maximum absolute atomic E-state index is 12.6. The zero-order chi connectivity index (χ0) is 15.1. The number of piperazine rings is 1. The maximum atomic E-state index is 12.6. The van der Waals surface area contributed by atoms with Crippen LogP contribution in [-0.4, -0.2) is 35.3 Å². The van der Waals surface area contributed by atoms with Crippen molar-refractivity contribution < 1.29 is 9.59 Å². The second kappa shape index (κ2) is 5.14. The van der Waals surface area contributed by atoms with Crippen LogP contribution in [0.1, 0.15) is 24.2 Å². The Bertz CT molecular complexity index is 564. The predicted octanol–water partition coefficient (Wildman–Crippen LogP) is 1.93. The van der Waals surface area contributed by atoms with Gasteiger partial charge in [0.1, 0.15) is 5.54 Å². The molecule has 0 aromatic heterocycles. The van der Waals surface area contributed by atoms with Crippen LogP contribution in [0.15, 0.2) is 12.1 Å². The van der Waals surface area contributed by atoms with Gasteiger partial charge in [0.15, 0.2) is 0 Å². The molecule has 2 amide bonds. The fourth-order valence-electron chi connectivity index (χ4n) is 2.14. The molecule has 0 atom stereocenters. The minimum atomic E-state index is -0.920. The molecular formula is C13H15Cl2N3O2. The molecule has 1 aliphatic heterocycles. The number of carbonyl (C=O) groups excluding carboxylic acids is 2. The van der Waals surface area contributed by atoms with E-state index in [1.54, 1.807) is 13.8 Å². The van der Waals surface area contributed by atoms with Gasteiger partial charge in [-0.15, -0.1) is 0 Å². The largest absolute Gasteiger partial charge is 0.397 e. The lowest BCUT2D eigenvalue weighted by molar-refractivity contribution is -0.133. The van der Waals surface area contributed by atoms with Crippen molar-refractivity contribution in [3.8, 4) is 0 Å². The fraction of sp³-hybridized carbons (Fsp3) is 0.385. The van der Waals surface area contributed by atoms with Crippen molar-refractivity contribution in [2.75, 3.05) is 18.8 Å². The summed E-state index contributed by atoms with van der Waals surface area (Å²) in [4.78, 5) is 25.9. The number of halogens is 2. The molecule has 1 aliphatic rings. The summed E-state index contributed by atoms with van der Waals surface area (Å²) in [5.41, 5.74) is 5.35. The quantitative estimate of drug-likeness (QED) is 0.777. The number of rotatable bonds is 1. The monoisotopic (exact) mass is 315 g/mol. The number of amides is 2. The van der Waals surface area contributed by atoms with Crippen LogP contribution in [0, 0.1) is 0 Å². The van der Waals surface area contributed by atoms with Crippen LogP contribution in [0.3, 0.4) is 0 Å². The average Bonchev–Trinajstić information content (AvgIpc) is 2.37. The Balaban J connectivity index is 2.38. The highest BCUT2D eigenvalue weighted by Crippen LogP contribution is 2.31. The minimum absolute atomic E-state index is 0.190. The number of nitrogens with zero attached hydrogens (tertiary/aromatic N) is 1. The van der Waals surface area contributed by atoms with Crippen LogP contribution in [-0.2, 0) is 4.79 Å². The molecule has 2 rings (SSSR count). The molecule has 0 unspecified atom stereocenters. The van der Waals surface area contributed by atoms with Gasteiger partial charge in [0.2, 0.25) is 5.91 Å². The van der Waals surface area contributed by atoms with Crippen LogP contribution in [0.4, 0.5) is 5.69 Å². The van der Waals surface area contributed by atoms with Crippen molar-refractivity contribution >= 4 is 40.7 Å². The van der Waals surface area contributed by atoms with Gasteiger partial charge in [-0.3, -0.25) is 9.59 Å². The number of nitrogens with two attached hydrogens (primary N) is 1. The molecule has 1 aromatic rings. The molecule has 1 saturated heterocycles. The molecule has 0 bridgehead atoms. The molecular weight excluding hydrogens is 301 g/mol. The summed E-state index contributed by atoms with van der Waals surface area (Å²) in [7, 11) is 0. The Morgan fingerprint density at radius 1 is 1.40 bits per heavy atom. The highest BCUT2D eigenvalue weighted by molar-refractivity contribution is 6.43. The molecule has 0 radical (unpaired) electrons. The van der Waals surface area contributed by atoms with E-state index in [0.29, 0.717) is 18.7 Å². The van der Waals surface area contributed by atoms with Crippen LogP contribution in [0.5, 0.6) is 0 Å². The van der Waals surface area contributed by atoms with Crippen molar-refractivity contribution in [2.24, 2.45) is 0 Å². The number of hydrogen-bond acceptors (Lipinski definition) is 3. The summed E-state index contributed by atoms with van der Waals surface area (Å²) in [6, 6.07) is 2.93. The second-order valence-corrected chi connectivity index (χ2v) is 5.92. The molecule has 1 heterocycles. The van der Waals surface area contributed by atoms with E-state index < -0.39 is 5.54 Å². The summed E-state index contributed by atoms with van der Waals surface area (Å²) < 4.78 is 0. The van der Waals surface area contributed by atoms with Gasteiger partial charge >= 0.3 is 0 Å². The molecule has 3 N–H and O–H groups in total. The first-order valence-electron chi connectivity index (χ1n) is 6.10. The van der Waals surface area contributed by atoms with Crippen LogP contribution in [0.25, 0.3) is 0 Å². The molecule has 0 spiro atoms. The zero-order valence-corrected chi connectivity index (χ0v) is 12.7. The summed E-state index contributed by atoms with van der Waals surface area (Å²) in [5, 5.41) is 3.17. The molecule has 7 heteroatoms. The number of carbonyl (C=O) groups is 2. The van der Waals surface area contributed by atoms with E-state index in [4.69, 9.17) is 28.9 Å². The summed E-state index contributed by atoms with van der Waals surface area (Å²) >= 11 is 11.8. The molecule has 1 fully saturated rings.